The summed E-state index contributed by atoms with van der Waals surface area (Å²) in [5.41, 5.74) is 6.69. The molecule has 0 spiro atoms. The summed E-state index contributed by atoms with van der Waals surface area (Å²) in [6.45, 7) is 0.402. The molecule has 0 unspecified atom stereocenters. The van der Waals surface area contributed by atoms with Gasteiger partial charge in [-0.3, -0.25) is 5.10 Å². The molecule has 0 aliphatic carbocycles. The fraction of sp³-hybridized carbons (Fsp3) is 0.200. The second-order valence-corrected chi connectivity index (χ2v) is 3.99. The molecular weight excluding hydrogens is 208 g/mol. The van der Waals surface area contributed by atoms with Crippen LogP contribution in [0.3, 0.4) is 0 Å². The van der Waals surface area contributed by atoms with Crippen LogP contribution >= 0.6 is 11.8 Å². The van der Waals surface area contributed by atoms with Crippen LogP contribution in [0, 0.1) is 0 Å². The molecule has 1 heterocycles. The van der Waals surface area contributed by atoms with Gasteiger partial charge in [0.05, 0.1) is 6.54 Å². The number of benzene rings is 1. The van der Waals surface area contributed by atoms with Crippen molar-refractivity contribution in [1.82, 2.24) is 15.2 Å². The first kappa shape index (κ1) is 10.2. The molecule has 15 heavy (non-hydrogen) atoms. The Balaban J connectivity index is 1.93. The van der Waals surface area contributed by atoms with Gasteiger partial charge in [0.25, 0.3) is 0 Å². The van der Waals surface area contributed by atoms with Gasteiger partial charge in [0.2, 0.25) is 5.16 Å². The molecule has 0 radical (unpaired) electrons. The lowest BCUT2D eigenvalue weighted by Gasteiger charge is -1.96. The van der Waals surface area contributed by atoms with E-state index >= 15 is 0 Å². The van der Waals surface area contributed by atoms with Gasteiger partial charge in [0, 0.05) is 5.75 Å². The van der Waals surface area contributed by atoms with Gasteiger partial charge < -0.3 is 5.73 Å². The van der Waals surface area contributed by atoms with Crippen LogP contribution in [-0.2, 0) is 12.3 Å². The van der Waals surface area contributed by atoms with Crippen LogP contribution in [0.5, 0.6) is 0 Å². The number of rotatable bonds is 4. The maximum Gasteiger partial charge on any atom is 0.208 e. The lowest BCUT2D eigenvalue weighted by Crippen LogP contribution is -1.97. The maximum atomic E-state index is 5.43. The van der Waals surface area contributed by atoms with Crippen LogP contribution in [0.15, 0.2) is 35.5 Å². The van der Waals surface area contributed by atoms with Crippen LogP contribution in [-0.4, -0.2) is 15.2 Å². The molecule has 1 aromatic carbocycles. The lowest BCUT2D eigenvalue weighted by atomic mass is 10.2. The van der Waals surface area contributed by atoms with Crippen molar-refractivity contribution in [2.24, 2.45) is 5.73 Å². The van der Waals surface area contributed by atoms with Gasteiger partial charge >= 0.3 is 0 Å². The summed E-state index contributed by atoms with van der Waals surface area (Å²) in [4.78, 5) is 4.22. The molecule has 0 saturated carbocycles. The molecular formula is C10H12N4S. The minimum atomic E-state index is 0.402. The number of aromatic amines is 1. The van der Waals surface area contributed by atoms with Crippen LogP contribution in [0.1, 0.15) is 11.4 Å². The SMILES string of the molecule is NCc1nc(SCc2ccccc2)n[nH]1. The molecule has 0 amide bonds. The summed E-state index contributed by atoms with van der Waals surface area (Å²) in [7, 11) is 0. The molecule has 1 aromatic heterocycles. The molecule has 0 aliphatic heterocycles. The van der Waals surface area contributed by atoms with Crippen LogP contribution in [0.4, 0.5) is 0 Å². The number of nitrogens with zero attached hydrogens (tertiary/aromatic N) is 2. The largest absolute Gasteiger partial charge is 0.324 e. The Labute approximate surface area is 92.3 Å². The summed E-state index contributed by atoms with van der Waals surface area (Å²) in [6.07, 6.45) is 0. The van der Waals surface area contributed by atoms with Gasteiger partial charge in [-0.1, -0.05) is 42.1 Å². The number of nitrogens with two attached hydrogens (primary N) is 1. The highest BCUT2D eigenvalue weighted by atomic mass is 32.2. The Hall–Kier alpha value is -1.33. The summed E-state index contributed by atoms with van der Waals surface area (Å²) in [6, 6.07) is 10.2. The average Bonchev–Trinajstić information content (AvgIpc) is 2.76. The number of aromatic nitrogens is 3. The van der Waals surface area contributed by atoms with Crippen LogP contribution in [0.2, 0.25) is 0 Å². The molecule has 4 nitrogen and oxygen atoms in total. The Morgan fingerprint density at radius 3 is 2.73 bits per heavy atom. The monoisotopic (exact) mass is 220 g/mol. The fourth-order valence-electron chi connectivity index (χ4n) is 1.16. The van der Waals surface area contributed by atoms with E-state index < -0.39 is 0 Å². The molecule has 0 atom stereocenters. The zero-order valence-electron chi connectivity index (χ0n) is 8.18. The van der Waals surface area contributed by atoms with E-state index in [0.717, 1.165) is 16.7 Å². The van der Waals surface area contributed by atoms with E-state index in [1.165, 1.54) is 5.56 Å². The van der Waals surface area contributed by atoms with E-state index in [-0.39, 0.29) is 0 Å². The number of thioether (sulfide) groups is 1. The van der Waals surface area contributed by atoms with Gasteiger partial charge in [0.1, 0.15) is 5.82 Å². The summed E-state index contributed by atoms with van der Waals surface area (Å²) < 4.78 is 0. The standard InChI is InChI=1S/C10H12N4S/c11-6-9-12-10(14-13-9)15-7-8-4-2-1-3-5-8/h1-5H,6-7,11H2,(H,12,13,14). The van der Waals surface area contributed by atoms with E-state index in [4.69, 9.17) is 5.73 Å². The van der Waals surface area contributed by atoms with E-state index in [9.17, 15) is 0 Å². The Morgan fingerprint density at radius 1 is 1.27 bits per heavy atom. The molecule has 0 bridgehead atoms. The molecule has 78 valence electrons. The molecule has 5 heteroatoms. The fourth-order valence-corrected chi connectivity index (χ4v) is 1.93. The van der Waals surface area contributed by atoms with Crippen molar-refractivity contribution < 1.29 is 0 Å². The minimum absolute atomic E-state index is 0.402. The molecule has 2 aromatic rings. The van der Waals surface area contributed by atoms with Crippen molar-refractivity contribution in [3.63, 3.8) is 0 Å². The van der Waals surface area contributed by atoms with Crippen molar-refractivity contribution in [2.75, 3.05) is 0 Å². The highest BCUT2D eigenvalue weighted by Gasteiger charge is 2.02. The molecule has 3 N–H and O–H groups in total. The van der Waals surface area contributed by atoms with Gasteiger partial charge in [-0.2, -0.15) is 0 Å². The predicted molar refractivity (Wildman–Crippen MR) is 60.3 cm³/mol. The molecule has 2 rings (SSSR count). The zero-order chi connectivity index (χ0) is 10.5. The predicted octanol–water partition coefficient (Wildman–Crippen LogP) is 1.56. The van der Waals surface area contributed by atoms with E-state index in [2.05, 4.69) is 27.3 Å². The van der Waals surface area contributed by atoms with E-state index in [1.54, 1.807) is 11.8 Å². The Kier molecular flexibility index (Phi) is 3.37. The van der Waals surface area contributed by atoms with Gasteiger partial charge in [-0.15, -0.1) is 5.10 Å². The Morgan fingerprint density at radius 2 is 2.07 bits per heavy atom. The molecule has 0 saturated heterocycles. The van der Waals surface area contributed by atoms with Crippen molar-refractivity contribution in [2.45, 2.75) is 17.5 Å². The smallest absolute Gasteiger partial charge is 0.208 e. The quantitative estimate of drug-likeness (QED) is 0.767. The van der Waals surface area contributed by atoms with E-state index in [0.29, 0.717) is 6.54 Å². The third-order valence-corrected chi connectivity index (χ3v) is 2.83. The second kappa shape index (κ2) is 4.95. The summed E-state index contributed by atoms with van der Waals surface area (Å²) in [5.74, 6) is 1.61. The lowest BCUT2D eigenvalue weighted by molar-refractivity contribution is 0.916. The van der Waals surface area contributed by atoms with Crippen molar-refractivity contribution in [3.8, 4) is 0 Å². The molecule has 0 aliphatic rings. The first-order valence-electron chi connectivity index (χ1n) is 4.66. The second-order valence-electron chi connectivity index (χ2n) is 3.04. The van der Waals surface area contributed by atoms with Crippen molar-refractivity contribution in [1.29, 1.82) is 0 Å². The third-order valence-electron chi connectivity index (χ3n) is 1.92. The minimum Gasteiger partial charge on any atom is -0.324 e. The third kappa shape index (κ3) is 2.81. The molecule has 0 fully saturated rings. The number of nitrogens with one attached hydrogen (secondary N) is 1. The van der Waals surface area contributed by atoms with Crippen LogP contribution < -0.4 is 5.73 Å². The summed E-state index contributed by atoms with van der Waals surface area (Å²) in [5, 5.41) is 7.58. The maximum absolute atomic E-state index is 5.43. The van der Waals surface area contributed by atoms with Crippen molar-refractivity contribution in [3.05, 3.63) is 41.7 Å². The average molecular weight is 220 g/mol. The zero-order valence-corrected chi connectivity index (χ0v) is 9.00. The Bertz CT molecular complexity index is 412. The van der Waals surface area contributed by atoms with Crippen molar-refractivity contribution >= 4 is 11.8 Å². The van der Waals surface area contributed by atoms with Gasteiger partial charge in [-0.05, 0) is 5.56 Å². The van der Waals surface area contributed by atoms with Gasteiger partial charge in [-0.25, -0.2) is 4.98 Å². The van der Waals surface area contributed by atoms with E-state index in [1.807, 2.05) is 18.2 Å². The van der Waals surface area contributed by atoms with Gasteiger partial charge in [0.15, 0.2) is 0 Å². The first-order chi connectivity index (χ1) is 7.38. The number of hydrogen-bond acceptors (Lipinski definition) is 4. The highest BCUT2D eigenvalue weighted by molar-refractivity contribution is 7.98. The number of hydrogen-bond donors (Lipinski definition) is 2. The number of H-pyrrole nitrogens is 1. The highest BCUT2D eigenvalue weighted by Crippen LogP contribution is 2.18. The summed E-state index contributed by atoms with van der Waals surface area (Å²) >= 11 is 1.60. The van der Waals surface area contributed by atoms with Crippen LogP contribution in [0.25, 0.3) is 0 Å². The normalized spacial score (nSPS) is 10.5. The topological polar surface area (TPSA) is 67.6 Å². The first-order valence-corrected chi connectivity index (χ1v) is 5.65.